The van der Waals surface area contributed by atoms with Crippen LogP contribution >= 0.6 is 0 Å². The van der Waals surface area contributed by atoms with Gasteiger partial charge < -0.3 is 10.4 Å². The molecule has 1 rings (SSSR count). The van der Waals surface area contributed by atoms with Gasteiger partial charge in [-0.05, 0) is 17.5 Å². The molecule has 1 aromatic carbocycles. The summed E-state index contributed by atoms with van der Waals surface area (Å²) in [7, 11) is -1.34. The van der Waals surface area contributed by atoms with Crippen molar-refractivity contribution in [1.82, 2.24) is 5.32 Å². The number of aryl methyl sites for hydroxylation is 1. The molecule has 0 saturated heterocycles. The van der Waals surface area contributed by atoms with Crippen LogP contribution in [0.15, 0.2) is 24.3 Å². The maximum atomic E-state index is 12.0. The van der Waals surface area contributed by atoms with Crippen molar-refractivity contribution in [3.8, 4) is 0 Å². The second-order valence-corrected chi connectivity index (χ2v) is 6.01. The van der Waals surface area contributed by atoms with Crippen molar-refractivity contribution in [2.45, 2.75) is 32.1 Å². The topological polar surface area (TPSA) is 83.5 Å². The molecule has 20 heavy (non-hydrogen) atoms. The molecule has 0 saturated carbocycles. The monoisotopic (exact) mass is 297 g/mol. The van der Waals surface area contributed by atoms with E-state index in [9.17, 15) is 13.8 Å². The molecule has 0 aliphatic heterocycles. The fraction of sp³-hybridized carbons (Fsp3) is 0.429. The normalized spacial score (nSPS) is 13.5. The Balaban J connectivity index is 2.60. The number of carboxylic acid groups (broad SMARTS) is 1. The van der Waals surface area contributed by atoms with Crippen LogP contribution in [-0.4, -0.2) is 33.0 Å². The van der Waals surface area contributed by atoms with Crippen molar-refractivity contribution in [1.29, 1.82) is 0 Å². The summed E-state index contributed by atoms with van der Waals surface area (Å²) in [5, 5.41) is 11.2. The highest BCUT2D eigenvalue weighted by atomic mass is 32.2. The Morgan fingerprint density at radius 3 is 2.25 bits per heavy atom. The highest BCUT2D eigenvalue weighted by molar-refractivity contribution is 7.84. The summed E-state index contributed by atoms with van der Waals surface area (Å²) < 4.78 is 12.0. The zero-order valence-corrected chi connectivity index (χ0v) is 12.4. The van der Waals surface area contributed by atoms with Crippen LogP contribution < -0.4 is 5.32 Å². The number of benzene rings is 1. The van der Waals surface area contributed by atoms with E-state index >= 15 is 0 Å². The van der Waals surface area contributed by atoms with Gasteiger partial charge in [0, 0.05) is 23.5 Å². The van der Waals surface area contributed by atoms with Crippen LogP contribution in [0.25, 0.3) is 0 Å². The predicted molar refractivity (Wildman–Crippen MR) is 77.8 cm³/mol. The highest BCUT2D eigenvalue weighted by Crippen LogP contribution is 2.08. The summed E-state index contributed by atoms with van der Waals surface area (Å²) in [5.41, 5.74) is 2.09. The lowest BCUT2D eigenvalue weighted by Gasteiger charge is -2.12. The molecule has 0 aliphatic rings. The first kappa shape index (κ1) is 16.4. The minimum atomic E-state index is -1.34. The van der Waals surface area contributed by atoms with Gasteiger partial charge in [-0.2, -0.15) is 0 Å². The van der Waals surface area contributed by atoms with Gasteiger partial charge >= 0.3 is 5.97 Å². The van der Waals surface area contributed by atoms with E-state index in [4.69, 9.17) is 5.11 Å². The van der Waals surface area contributed by atoms with E-state index in [0.717, 1.165) is 12.0 Å². The summed E-state index contributed by atoms with van der Waals surface area (Å²) in [5.74, 6) is -1.42. The van der Waals surface area contributed by atoms with Gasteiger partial charge in [-0.15, -0.1) is 0 Å². The first-order valence-corrected chi connectivity index (χ1v) is 7.84. The third kappa shape index (κ3) is 5.52. The third-order valence-electron chi connectivity index (χ3n) is 2.79. The summed E-state index contributed by atoms with van der Waals surface area (Å²) >= 11 is 0. The lowest BCUT2D eigenvalue weighted by atomic mass is 10.1. The van der Waals surface area contributed by atoms with Gasteiger partial charge in [0.2, 0.25) is 5.91 Å². The molecule has 2 N–H and O–H groups in total. The Labute approximate surface area is 120 Å². The summed E-state index contributed by atoms with van der Waals surface area (Å²) in [6.07, 6.45) is 0.937. The van der Waals surface area contributed by atoms with Gasteiger partial charge in [-0.1, -0.05) is 31.2 Å². The first-order valence-electron chi connectivity index (χ1n) is 6.35. The molecular formula is C14H19NO4S. The van der Waals surface area contributed by atoms with E-state index in [1.54, 1.807) is 0 Å². The average molecular weight is 297 g/mol. The Morgan fingerprint density at radius 1 is 1.25 bits per heavy atom. The fourth-order valence-electron chi connectivity index (χ4n) is 1.72. The van der Waals surface area contributed by atoms with Gasteiger partial charge in [0.25, 0.3) is 0 Å². The summed E-state index contributed by atoms with van der Waals surface area (Å²) in [6.45, 7) is 3.29. The van der Waals surface area contributed by atoms with Crippen molar-refractivity contribution in [2.24, 2.45) is 0 Å². The van der Waals surface area contributed by atoms with E-state index in [2.05, 4.69) is 12.2 Å². The Bertz CT molecular complexity index is 498. The Kier molecular flexibility index (Phi) is 6.38. The molecule has 0 spiro atoms. The Hall–Kier alpha value is -1.69. The first-order chi connectivity index (χ1) is 9.42. The van der Waals surface area contributed by atoms with Gasteiger partial charge in [-0.25, -0.2) is 4.79 Å². The second kappa shape index (κ2) is 7.79. The average Bonchev–Trinajstić information content (AvgIpc) is 2.38. The van der Waals surface area contributed by atoms with Gasteiger partial charge in [0.15, 0.2) is 0 Å². The molecule has 1 aromatic rings. The molecule has 0 bridgehead atoms. The van der Waals surface area contributed by atoms with Gasteiger partial charge in [0.1, 0.15) is 6.04 Å². The van der Waals surface area contributed by atoms with Crippen LogP contribution in [0.3, 0.4) is 0 Å². The van der Waals surface area contributed by atoms with Crippen LogP contribution in [0.1, 0.15) is 25.0 Å². The van der Waals surface area contributed by atoms with E-state index in [0.29, 0.717) is 0 Å². The molecule has 0 aromatic heterocycles. The molecule has 0 fully saturated rings. The van der Waals surface area contributed by atoms with Crippen LogP contribution in [0, 0.1) is 0 Å². The number of hydrogen-bond donors (Lipinski definition) is 2. The molecule has 6 heteroatoms. The smallest absolute Gasteiger partial charge is 0.327 e. The van der Waals surface area contributed by atoms with Crippen molar-refractivity contribution in [2.75, 3.05) is 5.75 Å². The van der Waals surface area contributed by atoms with E-state index in [1.807, 2.05) is 24.3 Å². The number of amides is 1. The number of carbonyl (C=O) groups is 2. The maximum absolute atomic E-state index is 12.0. The quantitative estimate of drug-likeness (QED) is 0.789. The van der Waals surface area contributed by atoms with E-state index in [-0.39, 0.29) is 11.5 Å². The fourth-order valence-corrected chi connectivity index (χ4v) is 3.00. The minimum Gasteiger partial charge on any atom is -0.480 e. The lowest BCUT2D eigenvalue weighted by molar-refractivity contribution is -0.140. The van der Waals surface area contributed by atoms with Crippen LogP contribution in [-0.2, 0) is 32.6 Å². The molecular weight excluding hydrogens is 278 g/mol. The van der Waals surface area contributed by atoms with Crippen LogP contribution in [0.4, 0.5) is 0 Å². The van der Waals surface area contributed by atoms with Gasteiger partial charge in [-0.3, -0.25) is 9.00 Å². The van der Waals surface area contributed by atoms with Gasteiger partial charge in [0.05, 0.1) is 5.75 Å². The second-order valence-electron chi connectivity index (χ2n) is 4.51. The van der Waals surface area contributed by atoms with Crippen molar-refractivity contribution in [3.05, 3.63) is 35.4 Å². The molecule has 5 nitrogen and oxygen atoms in total. The lowest BCUT2D eigenvalue weighted by Crippen LogP contribution is -2.43. The molecule has 0 aliphatic carbocycles. The summed E-state index contributed by atoms with van der Waals surface area (Å²) in [4.78, 5) is 21.9. The maximum Gasteiger partial charge on any atom is 0.327 e. The molecule has 1 amide bonds. The van der Waals surface area contributed by atoms with Crippen molar-refractivity contribution in [3.63, 3.8) is 0 Å². The molecule has 110 valence electrons. The molecule has 2 atom stereocenters. The number of hydrogen-bond acceptors (Lipinski definition) is 3. The number of carbonyl (C=O) groups excluding carboxylic acids is 1. The van der Waals surface area contributed by atoms with Crippen molar-refractivity contribution >= 4 is 22.7 Å². The highest BCUT2D eigenvalue weighted by Gasteiger charge is 2.21. The molecule has 0 heterocycles. The largest absolute Gasteiger partial charge is 0.480 e. The number of nitrogens with one attached hydrogen (secondary N) is 1. The zero-order chi connectivity index (χ0) is 15.1. The summed E-state index contributed by atoms with van der Waals surface area (Å²) in [6, 6.07) is 6.61. The van der Waals surface area contributed by atoms with E-state index < -0.39 is 28.7 Å². The Morgan fingerprint density at radius 2 is 1.80 bits per heavy atom. The van der Waals surface area contributed by atoms with Crippen molar-refractivity contribution < 1.29 is 18.9 Å². The predicted octanol–water partition coefficient (Wildman–Crippen LogP) is 1.09. The SMILES string of the molecule is CCc1ccc(CS(=O)C[C@H](NC(C)=O)C(=O)O)cc1. The van der Waals surface area contributed by atoms with Crippen LogP contribution in [0.5, 0.6) is 0 Å². The standard InChI is InChI=1S/C14H19NO4S/c1-3-11-4-6-12(7-5-11)8-20(19)9-13(14(17)18)15-10(2)16/h4-7,13H,3,8-9H2,1-2H3,(H,15,16)(H,17,18)/t13-,20?/m0/s1. The molecule has 0 radical (unpaired) electrons. The van der Waals surface area contributed by atoms with Crippen LogP contribution in [0.2, 0.25) is 0 Å². The minimum absolute atomic E-state index is 0.0928. The zero-order valence-electron chi connectivity index (χ0n) is 11.6. The number of aliphatic carboxylic acids is 1. The molecule has 1 unspecified atom stereocenters. The number of rotatable bonds is 7. The number of carboxylic acids is 1. The third-order valence-corrected chi connectivity index (χ3v) is 4.15. The van der Waals surface area contributed by atoms with E-state index in [1.165, 1.54) is 12.5 Å².